The number of rotatable bonds is 7. The molecule has 0 amide bonds. The fraction of sp³-hybridized carbons (Fsp3) is 0.190. The van der Waals surface area contributed by atoms with Gasteiger partial charge in [0.25, 0.3) is 10.0 Å². The van der Waals surface area contributed by atoms with Gasteiger partial charge in [0, 0.05) is 12.1 Å². The smallest absolute Gasteiger partial charge is 0.279 e. The third-order valence-corrected chi connectivity index (χ3v) is 7.91. The highest BCUT2D eigenvalue weighted by Gasteiger charge is 2.39. The Morgan fingerprint density at radius 2 is 1.71 bits per heavy atom. The molecule has 0 saturated heterocycles. The molecule has 8 nitrogen and oxygen atoms in total. The Labute approximate surface area is 181 Å². The molecule has 0 fully saturated rings. The summed E-state index contributed by atoms with van der Waals surface area (Å²) < 4.78 is 59.1. The number of nitrogens with zero attached hydrogens (tertiary/aromatic N) is 2. The molecule has 0 bridgehead atoms. The van der Waals surface area contributed by atoms with Crippen molar-refractivity contribution in [1.82, 2.24) is 4.41 Å². The first-order valence-corrected chi connectivity index (χ1v) is 12.7. The van der Waals surface area contributed by atoms with Crippen LogP contribution in [0.2, 0.25) is 0 Å². The normalized spacial score (nSPS) is 16.9. The van der Waals surface area contributed by atoms with Crippen LogP contribution in [0.3, 0.4) is 0 Å². The molecule has 10 heteroatoms. The van der Waals surface area contributed by atoms with Gasteiger partial charge in [-0.1, -0.05) is 30.3 Å². The van der Waals surface area contributed by atoms with Crippen LogP contribution in [0.1, 0.15) is 30.7 Å². The van der Waals surface area contributed by atoms with Gasteiger partial charge in [-0.15, -0.1) is 0 Å². The summed E-state index contributed by atoms with van der Waals surface area (Å²) in [6.45, 7) is 1.56. The molecule has 2 aromatic carbocycles. The molecule has 1 atom stereocenters. The predicted molar refractivity (Wildman–Crippen MR) is 118 cm³/mol. The van der Waals surface area contributed by atoms with Crippen molar-refractivity contribution in [2.45, 2.75) is 24.3 Å². The van der Waals surface area contributed by atoms with Crippen molar-refractivity contribution < 1.29 is 21.3 Å². The molecule has 0 saturated carbocycles. The lowest BCUT2D eigenvalue weighted by molar-refractivity contribution is 0.320. The van der Waals surface area contributed by atoms with Gasteiger partial charge in [0.15, 0.2) is 0 Å². The number of nitrogens with one attached hydrogen (secondary N) is 1. The number of hydrogen-bond acceptors (Lipinski definition) is 6. The van der Waals surface area contributed by atoms with Crippen LogP contribution in [0.15, 0.2) is 87.4 Å². The van der Waals surface area contributed by atoms with Gasteiger partial charge in [-0.3, -0.25) is 4.72 Å². The topological polar surface area (TPSA) is 109 Å². The van der Waals surface area contributed by atoms with Gasteiger partial charge < -0.3 is 4.42 Å². The van der Waals surface area contributed by atoms with E-state index in [9.17, 15) is 16.8 Å². The van der Waals surface area contributed by atoms with Gasteiger partial charge in [0.05, 0.1) is 22.6 Å². The van der Waals surface area contributed by atoms with Gasteiger partial charge in [0.2, 0.25) is 10.0 Å². The van der Waals surface area contributed by atoms with Crippen molar-refractivity contribution in [2.75, 3.05) is 10.5 Å². The van der Waals surface area contributed by atoms with Crippen molar-refractivity contribution >= 4 is 31.4 Å². The molecular formula is C21H21N3O5S2. The number of sulfonamides is 2. The van der Waals surface area contributed by atoms with Crippen LogP contribution in [0, 0.1) is 0 Å². The molecule has 0 unspecified atom stereocenters. The van der Waals surface area contributed by atoms with E-state index in [1.54, 1.807) is 61.5 Å². The average Bonchev–Trinajstić information content (AvgIpc) is 3.45. The number of furan rings is 1. The Morgan fingerprint density at radius 1 is 1.00 bits per heavy atom. The van der Waals surface area contributed by atoms with Crippen molar-refractivity contribution in [1.29, 1.82) is 0 Å². The highest BCUT2D eigenvalue weighted by Crippen LogP contribution is 2.37. The van der Waals surface area contributed by atoms with Crippen LogP contribution in [0.25, 0.3) is 0 Å². The summed E-state index contributed by atoms with van der Waals surface area (Å²) in [5.41, 5.74) is 1.69. The second-order valence-corrected chi connectivity index (χ2v) is 10.8. The minimum atomic E-state index is -3.90. The maximum absolute atomic E-state index is 13.3. The molecule has 1 aliphatic rings. The summed E-state index contributed by atoms with van der Waals surface area (Å²) in [6.07, 6.45) is 1.81. The lowest BCUT2D eigenvalue weighted by Crippen LogP contribution is -2.27. The Morgan fingerprint density at radius 3 is 2.32 bits per heavy atom. The molecule has 2 heterocycles. The number of anilines is 1. The lowest BCUT2D eigenvalue weighted by Gasteiger charge is -2.21. The van der Waals surface area contributed by atoms with Crippen LogP contribution >= 0.6 is 0 Å². The van der Waals surface area contributed by atoms with Crippen LogP contribution in [0.5, 0.6) is 0 Å². The summed E-state index contributed by atoms with van der Waals surface area (Å²) >= 11 is 0. The molecule has 3 aromatic rings. The fourth-order valence-corrected chi connectivity index (χ4v) is 5.34. The minimum absolute atomic E-state index is 0.0292. The Balaban J connectivity index is 1.68. The first-order chi connectivity index (χ1) is 14.8. The molecule has 1 aromatic heterocycles. The van der Waals surface area contributed by atoms with Crippen LogP contribution in [-0.2, 0) is 20.0 Å². The molecule has 0 spiro atoms. The fourth-order valence-electron chi connectivity index (χ4n) is 3.26. The second kappa shape index (κ2) is 8.20. The zero-order valence-electron chi connectivity index (χ0n) is 16.7. The molecule has 162 valence electrons. The van der Waals surface area contributed by atoms with Gasteiger partial charge in [-0.05, 0) is 48.9 Å². The molecule has 1 N–H and O–H groups in total. The van der Waals surface area contributed by atoms with E-state index in [1.165, 1.54) is 18.4 Å². The zero-order chi connectivity index (χ0) is 22.1. The van der Waals surface area contributed by atoms with E-state index >= 15 is 0 Å². The Bertz CT molecular complexity index is 1280. The van der Waals surface area contributed by atoms with Crippen LogP contribution in [0.4, 0.5) is 5.69 Å². The zero-order valence-corrected chi connectivity index (χ0v) is 18.3. The number of benzene rings is 2. The van der Waals surface area contributed by atoms with E-state index in [1.807, 2.05) is 0 Å². The summed E-state index contributed by atoms with van der Waals surface area (Å²) in [6, 6.07) is 17.6. The molecule has 31 heavy (non-hydrogen) atoms. The van der Waals surface area contributed by atoms with Gasteiger partial charge in [0.1, 0.15) is 11.8 Å². The molecule has 4 rings (SSSR count). The summed E-state index contributed by atoms with van der Waals surface area (Å²) in [4.78, 5) is 0.140. The van der Waals surface area contributed by atoms with E-state index in [0.717, 1.165) is 4.41 Å². The quantitative estimate of drug-likeness (QED) is 0.581. The van der Waals surface area contributed by atoms with Crippen LogP contribution in [-0.4, -0.2) is 32.7 Å². The van der Waals surface area contributed by atoms with E-state index < -0.39 is 26.1 Å². The maximum atomic E-state index is 13.3. The van der Waals surface area contributed by atoms with Crippen molar-refractivity contribution in [2.24, 2.45) is 5.10 Å². The first kappa shape index (κ1) is 21.1. The monoisotopic (exact) mass is 459 g/mol. The molecule has 1 aliphatic heterocycles. The van der Waals surface area contributed by atoms with Gasteiger partial charge in [-0.25, -0.2) is 8.42 Å². The average molecular weight is 460 g/mol. The van der Waals surface area contributed by atoms with E-state index in [0.29, 0.717) is 29.1 Å². The Kier molecular flexibility index (Phi) is 5.59. The van der Waals surface area contributed by atoms with Gasteiger partial charge >= 0.3 is 0 Å². The predicted octanol–water partition coefficient (Wildman–Crippen LogP) is 3.58. The standard InChI is InChI=1S/C21H21N3O5S2/c1-2-30(25,26)23-17-12-10-16(11-13-17)19-15-20(21-9-6-14-29-21)24(22-19)31(27,28)18-7-4-3-5-8-18/h3-14,20,23H,2,15H2,1H3/t20-/m1/s1. The van der Waals surface area contributed by atoms with Gasteiger partial charge in [-0.2, -0.15) is 17.9 Å². The highest BCUT2D eigenvalue weighted by atomic mass is 32.2. The van der Waals surface area contributed by atoms with Crippen molar-refractivity contribution in [3.8, 4) is 0 Å². The van der Waals surface area contributed by atoms with Crippen molar-refractivity contribution in [3.05, 3.63) is 84.3 Å². The summed E-state index contributed by atoms with van der Waals surface area (Å²) in [7, 11) is -7.28. The summed E-state index contributed by atoms with van der Waals surface area (Å²) in [5, 5.41) is 4.43. The van der Waals surface area contributed by atoms with Crippen molar-refractivity contribution in [3.63, 3.8) is 0 Å². The number of hydrogen-bond donors (Lipinski definition) is 1. The molecule has 0 aliphatic carbocycles. The second-order valence-electron chi connectivity index (χ2n) is 6.96. The highest BCUT2D eigenvalue weighted by molar-refractivity contribution is 7.92. The molecule has 0 radical (unpaired) electrons. The maximum Gasteiger partial charge on any atom is 0.279 e. The third kappa shape index (κ3) is 4.35. The van der Waals surface area contributed by atoms with E-state index in [4.69, 9.17) is 4.42 Å². The summed E-state index contributed by atoms with van der Waals surface area (Å²) in [5.74, 6) is 0.462. The minimum Gasteiger partial charge on any atom is -0.467 e. The largest absolute Gasteiger partial charge is 0.467 e. The third-order valence-electron chi connectivity index (χ3n) is 4.90. The van der Waals surface area contributed by atoms with E-state index in [2.05, 4.69) is 9.82 Å². The van der Waals surface area contributed by atoms with Crippen LogP contribution < -0.4 is 4.72 Å². The number of hydrazone groups is 1. The lowest BCUT2D eigenvalue weighted by atomic mass is 10.0. The SMILES string of the molecule is CCS(=O)(=O)Nc1ccc(C2=NN(S(=O)(=O)c3ccccc3)[C@@H](c3ccco3)C2)cc1. The first-order valence-electron chi connectivity index (χ1n) is 9.61. The molecular weight excluding hydrogens is 438 g/mol. The Hall–Kier alpha value is -3.11. The van der Waals surface area contributed by atoms with E-state index in [-0.39, 0.29) is 10.6 Å².